The number of para-hydroxylation sites is 1. The zero-order valence-electron chi connectivity index (χ0n) is 11.0. The Labute approximate surface area is 116 Å². The van der Waals surface area contributed by atoms with E-state index in [4.69, 9.17) is 9.84 Å². The number of carboxylic acid groups (broad SMARTS) is 1. The molecule has 2 aromatic rings. The third kappa shape index (κ3) is 2.34. The van der Waals surface area contributed by atoms with E-state index in [1.807, 2.05) is 24.3 Å². The van der Waals surface area contributed by atoms with E-state index >= 15 is 0 Å². The summed E-state index contributed by atoms with van der Waals surface area (Å²) < 4.78 is 5.70. The van der Waals surface area contributed by atoms with Gasteiger partial charge in [0.25, 0.3) is 0 Å². The molecule has 1 atom stereocenters. The number of hydrogen-bond donors (Lipinski definition) is 1. The van der Waals surface area contributed by atoms with E-state index in [1.165, 1.54) is 6.07 Å². The normalized spacial score (nSPS) is 17.1. The highest BCUT2D eigenvalue weighted by Crippen LogP contribution is 2.30. The summed E-state index contributed by atoms with van der Waals surface area (Å²) in [7, 11) is 0. The molecule has 20 heavy (non-hydrogen) atoms. The predicted octanol–water partition coefficient (Wildman–Crippen LogP) is 2.20. The Bertz CT molecular complexity index is 670. The number of carbonyl (C=O) groups is 1. The smallest absolute Gasteiger partial charge is 0.354 e. The van der Waals surface area contributed by atoms with Gasteiger partial charge in [-0.15, -0.1) is 0 Å². The summed E-state index contributed by atoms with van der Waals surface area (Å²) in [5, 5.41) is 9.07. The number of nitrogens with zero attached hydrogens (tertiary/aromatic N) is 2. The highest BCUT2D eigenvalue weighted by molar-refractivity contribution is 5.85. The summed E-state index contributed by atoms with van der Waals surface area (Å²) in [6.45, 7) is 2.24. The summed E-state index contributed by atoms with van der Waals surface area (Å²) >= 11 is 0. The van der Waals surface area contributed by atoms with Gasteiger partial charge in [-0.3, -0.25) is 0 Å². The number of hydrogen-bond acceptors (Lipinski definition) is 4. The second-order valence-corrected chi connectivity index (χ2v) is 4.88. The van der Waals surface area contributed by atoms with Crippen LogP contribution < -0.4 is 4.74 Å². The molecule has 0 aliphatic carbocycles. The van der Waals surface area contributed by atoms with Gasteiger partial charge in [-0.05, 0) is 31.0 Å². The predicted molar refractivity (Wildman–Crippen MR) is 72.1 cm³/mol. The van der Waals surface area contributed by atoms with E-state index in [9.17, 15) is 4.79 Å². The van der Waals surface area contributed by atoms with E-state index in [0.717, 1.165) is 17.7 Å². The van der Waals surface area contributed by atoms with Crippen molar-refractivity contribution in [2.45, 2.75) is 19.3 Å². The summed E-state index contributed by atoms with van der Waals surface area (Å²) in [4.78, 5) is 19.6. The third-order valence-electron chi connectivity index (χ3n) is 3.33. The van der Waals surface area contributed by atoms with Crippen molar-refractivity contribution >= 4 is 5.97 Å². The molecule has 0 saturated heterocycles. The van der Waals surface area contributed by atoms with Gasteiger partial charge in [0.05, 0.1) is 12.5 Å². The Hall–Kier alpha value is -2.43. The summed E-state index contributed by atoms with van der Waals surface area (Å²) in [6, 6.07) is 9.32. The lowest BCUT2D eigenvalue weighted by Gasteiger charge is -2.24. The van der Waals surface area contributed by atoms with Gasteiger partial charge in [-0.25, -0.2) is 14.8 Å². The van der Waals surface area contributed by atoms with Crippen LogP contribution in [0.3, 0.4) is 0 Å². The molecule has 1 aliphatic heterocycles. The number of rotatable bonds is 2. The van der Waals surface area contributed by atoms with Gasteiger partial charge in [-0.1, -0.05) is 18.2 Å². The van der Waals surface area contributed by atoms with Crippen molar-refractivity contribution in [3.63, 3.8) is 0 Å². The first-order valence-electron chi connectivity index (χ1n) is 6.43. The molecule has 1 aliphatic rings. The first-order valence-corrected chi connectivity index (χ1v) is 6.43. The van der Waals surface area contributed by atoms with E-state index < -0.39 is 5.97 Å². The fourth-order valence-corrected chi connectivity index (χ4v) is 2.38. The standard InChI is InChI=1S/C15H14N2O3/c1-9-6-12(15(18)19)17-14(16-9)11-7-10-4-2-3-5-13(10)20-8-11/h2-6,11H,7-8H2,1H3,(H,18,19). The van der Waals surface area contributed by atoms with Gasteiger partial charge < -0.3 is 9.84 Å². The van der Waals surface area contributed by atoms with Gasteiger partial charge >= 0.3 is 5.97 Å². The Balaban J connectivity index is 1.93. The van der Waals surface area contributed by atoms with Crippen molar-refractivity contribution in [2.75, 3.05) is 6.61 Å². The van der Waals surface area contributed by atoms with Gasteiger partial charge in [0, 0.05) is 5.69 Å². The molecule has 0 spiro atoms. The first kappa shape index (κ1) is 12.6. The molecule has 2 heterocycles. The summed E-state index contributed by atoms with van der Waals surface area (Å²) in [5.41, 5.74) is 1.79. The minimum Gasteiger partial charge on any atom is -0.493 e. The second kappa shape index (κ2) is 4.92. The number of benzene rings is 1. The van der Waals surface area contributed by atoms with Crippen LogP contribution in [0.1, 0.15) is 33.5 Å². The first-order chi connectivity index (χ1) is 9.63. The number of aromatic nitrogens is 2. The van der Waals surface area contributed by atoms with Gasteiger partial charge in [-0.2, -0.15) is 0 Å². The SMILES string of the molecule is Cc1cc(C(=O)O)nc(C2COc3ccccc3C2)n1. The van der Waals surface area contributed by atoms with E-state index in [-0.39, 0.29) is 11.6 Å². The Morgan fingerprint density at radius 1 is 1.35 bits per heavy atom. The van der Waals surface area contributed by atoms with Crippen LogP contribution in [0.15, 0.2) is 30.3 Å². The van der Waals surface area contributed by atoms with Gasteiger partial charge in [0.1, 0.15) is 11.6 Å². The average Bonchev–Trinajstić information content (AvgIpc) is 2.46. The molecule has 1 aromatic heterocycles. The molecule has 1 N–H and O–H groups in total. The van der Waals surface area contributed by atoms with Crippen LogP contribution in [0.25, 0.3) is 0 Å². The van der Waals surface area contributed by atoms with Crippen molar-refractivity contribution in [1.82, 2.24) is 9.97 Å². The zero-order chi connectivity index (χ0) is 14.1. The molecule has 0 bridgehead atoms. The van der Waals surface area contributed by atoms with Crippen molar-refractivity contribution < 1.29 is 14.6 Å². The lowest BCUT2D eigenvalue weighted by Crippen LogP contribution is -2.22. The number of aryl methyl sites for hydroxylation is 1. The number of fused-ring (bicyclic) bond motifs is 1. The fraction of sp³-hybridized carbons (Fsp3) is 0.267. The minimum atomic E-state index is -1.03. The Kier molecular flexibility index (Phi) is 3.10. The third-order valence-corrected chi connectivity index (χ3v) is 3.33. The number of aromatic carboxylic acids is 1. The highest BCUT2D eigenvalue weighted by atomic mass is 16.5. The van der Waals surface area contributed by atoms with Crippen LogP contribution in [-0.4, -0.2) is 27.7 Å². The van der Waals surface area contributed by atoms with Crippen LogP contribution >= 0.6 is 0 Å². The van der Waals surface area contributed by atoms with E-state index in [1.54, 1.807) is 6.92 Å². The molecule has 5 nitrogen and oxygen atoms in total. The maximum atomic E-state index is 11.1. The molecule has 0 amide bonds. The lowest BCUT2D eigenvalue weighted by atomic mass is 9.96. The van der Waals surface area contributed by atoms with Crippen LogP contribution in [0, 0.1) is 6.92 Å². The Morgan fingerprint density at radius 2 is 2.15 bits per heavy atom. The maximum absolute atomic E-state index is 11.1. The molecule has 1 unspecified atom stereocenters. The van der Waals surface area contributed by atoms with Crippen molar-refractivity contribution in [3.8, 4) is 5.75 Å². The molecular weight excluding hydrogens is 256 g/mol. The van der Waals surface area contributed by atoms with Gasteiger partial charge in [0.15, 0.2) is 5.69 Å². The van der Waals surface area contributed by atoms with Crippen molar-refractivity contribution in [3.05, 3.63) is 53.1 Å². The van der Waals surface area contributed by atoms with Crippen LogP contribution in [-0.2, 0) is 6.42 Å². The summed E-state index contributed by atoms with van der Waals surface area (Å²) in [5.74, 6) is 0.378. The molecule has 0 radical (unpaired) electrons. The van der Waals surface area contributed by atoms with E-state index in [2.05, 4.69) is 9.97 Å². The molecule has 5 heteroatoms. The van der Waals surface area contributed by atoms with Crippen LogP contribution in [0.5, 0.6) is 5.75 Å². The molecule has 102 valence electrons. The van der Waals surface area contributed by atoms with Crippen LogP contribution in [0.4, 0.5) is 0 Å². The molecule has 1 aromatic carbocycles. The maximum Gasteiger partial charge on any atom is 0.354 e. The molecule has 0 fully saturated rings. The molecule has 0 saturated carbocycles. The van der Waals surface area contributed by atoms with Gasteiger partial charge in [0.2, 0.25) is 0 Å². The fourth-order valence-electron chi connectivity index (χ4n) is 2.38. The topological polar surface area (TPSA) is 72.3 Å². The minimum absolute atomic E-state index is 0.0112. The van der Waals surface area contributed by atoms with Crippen LogP contribution in [0.2, 0.25) is 0 Å². The Morgan fingerprint density at radius 3 is 2.95 bits per heavy atom. The lowest BCUT2D eigenvalue weighted by molar-refractivity contribution is 0.0689. The number of carboxylic acids is 1. The second-order valence-electron chi connectivity index (χ2n) is 4.88. The largest absolute Gasteiger partial charge is 0.493 e. The molecular formula is C15H14N2O3. The number of ether oxygens (including phenoxy) is 1. The average molecular weight is 270 g/mol. The van der Waals surface area contributed by atoms with Crippen molar-refractivity contribution in [2.24, 2.45) is 0 Å². The van der Waals surface area contributed by atoms with E-state index in [0.29, 0.717) is 18.1 Å². The van der Waals surface area contributed by atoms with Crippen molar-refractivity contribution in [1.29, 1.82) is 0 Å². The molecule has 3 rings (SSSR count). The zero-order valence-corrected chi connectivity index (χ0v) is 11.0. The quantitative estimate of drug-likeness (QED) is 0.905. The highest BCUT2D eigenvalue weighted by Gasteiger charge is 2.24. The summed E-state index contributed by atoms with van der Waals surface area (Å²) in [6.07, 6.45) is 0.763. The monoisotopic (exact) mass is 270 g/mol.